The van der Waals surface area contributed by atoms with Gasteiger partial charge in [-0.3, -0.25) is 13.9 Å². The second-order valence-corrected chi connectivity index (χ2v) is 11.9. The molecule has 0 aliphatic rings. The number of sulfonamides is 1. The van der Waals surface area contributed by atoms with Crippen LogP contribution >= 0.6 is 23.2 Å². The predicted octanol–water partition coefficient (Wildman–Crippen LogP) is 5.10. The van der Waals surface area contributed by atoms with Crippen LogP contribution in [0, 0.1) is 13.8 Å². The third kappa shape index (κ3) is 7.85. The molecule has 2 aromatic carbocycles. The zero-order valence-corrected chi connectivity index (χ0v) is 24.0. The van der Waals surface area contributed by atoms with Crippen molar-refractivity contribution < 1.29 is 18.0 Å². The number of anilines is 1. The number of halogens is 2. The van der Waals surface area contributed by atoms with Crippen LogP contribution in [0.5, 0.6) is 0 Å². The van der Waals surface area contributed by atoms with Gasteiger partial charge in [-0.05, 0) is 70.4 Å². The topological polar surface area (TPSA) is 86.8 Å². The van der Waals surface area contributed by atoms with Crippen LogP contribution < -0.4 is 9.62 Å². The molecule has 198 valence electrons. The van der Waals surface area contributed by atoms with E-state index in [-0.39, 0.29) is 43.8 Å². The molecule has 0 aromatic heterocycles. The molecule has 1 N–H and O–H groups in total. The Kier molecular flexibility index (Phi) is 10.6. The lowest BCUT2D eigenvalue weighted by atomic mass is 10.1. The van der Waals surface area contributed by atoms with Crippen LogP contribution in [0.25, 0.3) is 0 Å². The molecule has 36 heavy (non-hydrogen) atoms. The highest BCUT2D eigenvalue weighted by molar-refractivity contribution is 7.92. The summed E-state index contributed by atoms with van der Waals surface area (Å²) in [5.41, 5.74) is 2.98. The van der Waals surface area contributed by atoms with Gasteiger partial charge in [0.15, 0.2) is 0 Å². The Morgan fingerprint density at radius 2 is 1.58 bits per heavy atom. The van der Waals surface area contributed by atoms with Gasteiger partial charge in [-0.1, -0.05) is 41.4 Å². The van der Waals surface area contributed by atoms with E-state index in [9.17, 15) is 18.0 Å². The Bertz CT molecular complexity index is 1180. The summed E-state index contributed by atoms with van der Waals surface area (Å²) in [7, 11) is -3.57. The quantitative estimate of drug-likeness (QED) is 0.418. The summed E-state index contributed by atoms with van der Waals surface area (Å²) >= 11 is 12.7. The molecule has 10 heteroatoms. The maximum Gasteiger partial charge on any atom is 0.242 e. The Morgan fingerprint density at radius 3 is 2.14 bits per heavy atom. The molecule has 2 aromatic rings. The summed E-state index contributed by atoms with van der Waals surface area (Å²) in [6.45, 7) is 9.31. The van der Waals surface area contributed by atoms with Crippen LogP contribution in [0.1, 0.15) is 50.3 Å². The average molecular weight is 557 g/mol. The van der Waals surface area contributed by atoms with E-state index >= 15 is 0 Å². The summed E-state index contributed by atoms with van der Waals surface area (Å²) < 4.78 is 26.5. The highest BCUT2D eigenvalue weighted by atomic mass is 35.5. The van der Waals surface area contributed by atoms with Gasteiger partial charge in [-0.15, -0.1) is 0 Å². The fraction of sp³-hybridized carbons (Fsp3) is 0.462. The molecule has 0 aliphatic heterocycles. The third-order valence-electron chi connectivity index (χ3n) is 5.99. The minimum atomic E-state index is -3.57. The SMILES string of the molecule is Cc1cccc(N(CCCC(=O)N(Cc2c(Cl)cccc2Cl)[C@@H](C)C(=O)NC(C)C)S(C)(=O)=O)c1C. The molecule has 0 fully saturated rings. The molecule has 0 bridgehead atoms. The van der Waals surface area contributed by atoms with Crippen molar-refractivity contribution in [2.75, 3.05) is 17.1 Å². The van der Waals surface area contributed by atoms with Crippen molar-refractivity contribution in [1.82, 2.24) is 10.2 Å². The van der Waals surface area contributed by atoms with Crippen LogP contribution in [0.3, 0.4) is 0 Å². The number of amides is 2. The summed E-state index contributed by atoms with van der Waals surface area (Å²) in [6, 6.07) is 9.68. The van der Waals surface area contributed by atoms with E-state index in [1.807, 2.05) is 39.8 Å². The van der Waals surface area contributed by atoms with Crippen LogP contribution in [-0.2, 0) is 26.2 Å². The fourth-order valence-corrected chi connectivity index (χ4v) is 5.36. The van der Waals surface area contributed by atoms with Crippen LogP contribution in [-0.4, -0.2) is 50.0 Å². The van der Waals surface area contributed by atoms with Crippen molar-refractivity contribution in [2.24, 2.45) is 0 Å². The summed E-state index contributed by atoms with van der Waals surface area (Å²) in [4.78, 5) is 27.6. The Balaban J connectivity index is 2.26. The lowest BCUT2D eigenvalue weighted by molar-refractivity contribution is -0.140. The van der Waals surface area contributed by atoms with Gasteiger partial charge in [0.25, 0.3) is 0 Å². The van der Waals surface area contributed by atoms with Gasteiger partial charge in [0.2, 0.25) is 21.8 Å². The second kappa shape index (κ2) is 12.8. The van der Waals surface area contributed by atoms with Gasteiger partial charge in [0.1, 0.15) is 6.04 Å². The second-order valence-electron chi connectivity index (χ2n) is 9.22. The van der Waals surface area contributed by atoms with Gasteiger partial charge >= 0.3 is 0 Å². The standard InChI is InChI=1S/C26H35Cl2N3O4S/c1-17(2)29-26(33)20(5)30(16-21-22(27)11-8-12-23(21)28)25(32)14-9-15-31(36(6,34)35)24-13-7-10-18(3)19(24)4/h7-8,10-13,17,20H,9,14-16H2,1-6H3,(H,29,33)/t20-/m0/s1. The molecule has 0 spiro atoms. The normalized spacial score (nSPS) is 12.4. The van der Waals surface area contributed by atoms with E-state index in [4.69, 9.17) is 23.2 Å². The lowest BCUT2D eigenvalue weighted by Gasteiger charge is -2.30. The molecule has 0 heterocycles. The van der Waals surface area contributed by atoms with E-state index in [1.165, 1.54) is 9.21 Å². The minimum Gasteiger partial charge on any atom is -0.352 e. The lowest BCUT2D eigenvalue weighted by Crippen LogP contribution is -2.49. The van der Waals surface area contributed by atoms with E-state index < -0.39 is 16.1 Å². The molecule has 0 unspecified atom stereocenters. The Hall–Kier alpha value is -2.29. The molecular formula is C26H35Cl2N3O4S. The highest BCUT2D eigenvalue weighted by Crippen LogP contribution is 2.28. The van der Waals surface area contributed by atoms with Crippen molar-refractivity contribution in [2.45, 2.75) is 66.1 Å². The molecule has 2 amide bonds. The molecule has 2 rings (SSSR count). The van der Waals surface area contributed by atoms with Gasteiger partial charge in [0, 0.05) is 41.2 Å². The Labute approximate surface area is 224 Å². The first-order valence-electron chi connectivity index (χ1n) is 11.8. The smallest absolute Gasteiger partial charge is 0.242 e. The number of benzene rings is 2. The molecule has 0 saturated carbocycles. The van der Waals surface area contributed by atoms with Gasteiger partial charge < -0.3 is 10.2 Å². The number of nitrogens with one attached hydrogen (secondary N) is 1. The molecular weight excluding hydrogens is 521 g/mol. The molecule has 7 nitrogen and oxygen atoms in total. The van der Waals surface area contributed by atoms with E-state index in [0.717, 1.165) is 17.4 Å². The number of hydrogen-bond acceptors (Lipinski definition) is 4. The first-order chi connectivity index (χ1) is 16.7. The molecule has 0 radical (unpaired) electrons. The van der Waals surface area contributed by atoms with E-state index in [1.54, 1.807) is 31.2 Å². The monoisotopic (exact) mass is 555 g/mol. The maximum atomic E-state index is 13.4. The van der Waals surface area contributed by atoms with Crippen molar-refractivity contribution in [3.05, 3.63) is 63.1 Å². The number of rotatable bonds is 11. The van der Waals surface area contributed by atoms with E-state index in [0.29, 0.717) is 21.3 Å². The maximum absolute atomic E-state index is 13.4. The molecule has 0 aliphatic carbocycles. The summed E-state index contributed by atoms with van der Waals surface area (Å²) in [5.74, 6) is -0.596. The number of nitrogens with zero attached hydrogens (tertiary/aromatic N) is 2. The number of hydrogen-bond donors (Lipinski definition) is 1. The summed E-state index contributed by atoms with van der Waals surface area (Å²) in [6.07, 6.45) is 1.46. The number of carbonyl (C=O) groups is 2. The van der Waals surface area contributed by atoms with Crippen molar-refractivity contribution in [1.29, 1.82) is 0 Å². The van der Waals surface area contributed by atoms with Crippen LogP contribution in [0.2, 0.25) is 10.0 Å². The Morgan fingerprint density at radius 1 is 1.00 bits per heavy atom. The zero-order chi connectivity index (χ0) is 27.2. The van der Waals surface area contributed by atoms with Gasteiger partial charge in [0.05, 0.1) is 11.9 Å². The first kappa shape index (κ1) is 29.9. The fourth-order valence-electron chi connectivity index (χ4n) is 3.83. The number of carbonyl (C=O) groups excluding carboxylic acids is 2. The van der Waals surface area contributed by atoms with Crippen molar-refractivity contribution in [3.8, 4) is 0 Å². The first-order valence-corrected chi connectivity index (χ1v) is 14.4. The summed E-state index contributed by atoms with van der Waals surface area (Å²) in [5, 5.41) is 3.63. The number of aryl methyl sites for hydroxylation is 1. The largest absolute Gasteiger partial charge is 0.352 e. The van der Waals surface area contributed by atoms with Gasteiger partial charge in [-0.2, -0.15) is 0 Å². The van der Waals surface area contributed by atoms with Gasteiger partial charge in [-0.25, -0.2) is 8.42 Å². The third-order valence-corrected chi connectivity index (χ3v) is 7.87. The minimum absolute atomic E-state index is 0.0399. The van der Waals surface area contributed by atoms with Crippen molar-refractivity contribution >= 4 is 50.7 Å². The highest BCUT2D eigenvalue weighted by Gasteiger charge is 2.28. The average Bonchev–Trinajstić information content (AvgIpc) is 2.77. The predicted molar refractivity (Wildman–Crippen MR) is 147 cm³/mol. The molecule has 0 saturated heterocycles. The van der Waals surface area contributed by atoms with Crippen molar-refractivity contribution in [3.63, 3.8) is 0 Å². The van der Waals surface area contributed by atoms with Crippen LogP contribution in [0.4, 0.5) is 5.69 Å². The molecule has 1 atom stereocenters. The zero-order valence-electron chi connectivity index (χ0n) is 21.6. The van der Waals surface area contributed by atoms with Crippen LogP contribution in [0.15, 0.2) is 36.4 Å². The van der Waals surface area contributed by atoms with E-state index in [2.05, 4.69) is 5.32 Å².